The average Bonchev–Trinajstić information content (AvgIpc) is 2.96. The van der Waals surface area contributed by atoms with Gasteiger partial charge in [0.2, 0.25) is 17.6 Å². The van der Waals surface area contributed by atoms with Gasteiger partial charge < -0.3 is 19.3 Å². The fourth-order valence-electron chi connectivity index (χ4n) is 1.52. The van der Waals surface area contributed by atoms with E-state index in [9.17, 15) is 18.0 Å². The van der Waals surface area contributed by atoms with Crippen molar-refractivity contribution in [2.45, 2.75) is 6.18 Å². The number of carbonyl (C=O) groups excluding carboxylic acids is 1. The summed E-state index contributed by atoms with van der Waals surface area (Å²) >= 11 is 0. The van der Waals surface area contributed by atoms with Gasteiger partial charge in [0.25, 0.3) is 0 Å². The maximum atomic E-state index is 12.4. The number of amides is 2. The van der Waals surface area contributed by atoms with Crippen molar-refractivity contribution in [3.05, 3.63) is 23.9 Å². The third-order valence-corrected chi connectivity index (χ3v) is 2.52. The SMILES string of the molecule is COc1ccc(NC(=O)Nc2cc(C(F)(F)F)no2)c(OC)n1. The lowest BCUT2D eigenvalue weighted by Gasteiger charge is -2.10. The zero-order valence-corrected chi connectivity index (χ0v) is 11.9. The summed E-state index contributed by atoms with van der Waals surface area (Å²) in [6, 6.07) is 2.61. The van der Waals surface area contributed by atoms with Crippen LogP contribution >= 0.6 is 0 Å². The number of halogens is 3. The summed E-state index contributed by atoms with van der Waals surface area (Å²) in [5.41, 5.74) is -1.07. The predicted octanol–water partition coefficient (Wildman–Crippen LogP) is 2.75. The van der Waals surface area contributed by atoms with Gasteiger partial charge in [-0.05, 0) is 6.07 Å². The molecular weight excluding hydrogens is 321 g/mol. The molecule has 0 atom stereocenters. The number of pyridine rings is 1. The van der Waals surface area contributed by atoms with Crippen LogP contribution in [0.4, 0.5) is 29.5 Å². The second-order valence-electron chi connectivity index (χ2n) is 4.06. The minimum atomic E-state index is -4.66. The number of nitrogens with one attached hydrogen (secondary N) is 2. The Kier molecular flexibility index (Phi) is 4.57. The first-order valence-corrected chi connectivity index (χ1v) is 6.04. The van der Waals surface area contributed by atoms with Crippen LogP contribution in [0.3, 0.4) is 0 Å². The Balaban J connectivity index is 2.06. The third-order valence-electron chi connectivity index (χ3n) is 2.52. The van der Waals surface area contributed by atoms with Crippen molar-refractivity contribution in [1.82, 2.24) is 10.1 Å². The summed E-state index contributed by atoms with van der Waals surface area (Å²) in [6.07, 6.45) is -4.66. The van der Waals surface area contributed by atoms with Crippen LogP contribution in [-0.2, 0) is 6.18 Å². The minimum absolute atomic E-state index is 0.0630. The van der Waals surface area contributed by atoms with Crippen molar-refractivity contribution >= 4 is 17.6 Å². The highest BCUT2D eigenvalue weighted by Crippen LogP contribution is 2.30. The zero-order valence-electron chi connectivity index (χ0n) is 11.9. The molecule has 0 fully saturated rings. The monoisotopic (exact) mass is 332 g/mol. The maximum Gasteiger partial charge on any atom is 0.436 e. The van der Waals surface area contributed by atoms with Crippen LogP contribution in [0.25, 0.3) is 0 Å². The Morgan fingerprint density at radius 2 is 1.96 bits per heavy atom. The van der Waals surface area contributed by atoms with E-state index < -0.39 is 23.8 Å². The number of anilines is 2. The first kappa shape index (κ1) is 16.4. The van der Waals surface area contributed by atoms with Gasteiger partial charge in [0, 0.05) is 12.1 Å². The van der Waals surface area contributed by atoms with Gasteiger partial charge in [0.1, 0.15) is 5.69 Å². The topological polar surface area (TPSA) is 98.5 Å². The van der Waals surface area contributed by atoms with E-state index >= 15 is 0 Å². The highest BCUT2D eigenvalue weighted by Gasteiger charge is 2.35. The molecule has 2 aromatic rings. The van der Waals surface area contributed by atoms with E-state index in [2.05, 4.69) is 25.3 Å². The summed E-state index contributed by atoms with van der Waals surface area (Å²) in [5.74, 6) is -0.138. The van der Waals surface area contributed by atoms with Crippen LogP contribution < -0.4 is 20.1 Å². The van der Waals surface area contributed by atoms with Crippen LogP contribution in [0.2, 0.25) is 0 Å². The lowest BCUT2D eigenvalue weighted by atomic mass is 10.4. The Labute approximate surface area is 127 Å². The molecule has 0 saturated carbocycles. The molecule has 2 heterocycles. The van der Waals surface area contributed by atoms with E-state index in [1.165, 1.54) is 26.4 Å². The van der Waals surface area contributed by atoms with E-state index in [1.807, 2.05) is 0 Å². The zero-order chi connectivity index (χ0) is 17.0. The number of nitrogens with zero attached hydrogens (tertiary/aromatic N) is 2. The second kappa shape index (κ2) is 6.42. The summed E-state index contributed by atoms with van der Waals surface area (Å²) in [4.78, 5) is 15.7. The minimum Gasteiger partial charge on any atom is -0.481 e. The third kappa shape index (κ3) is 4.02. The number of ether oxygens (including phenoxy) is 2. The smallest absolute Gasteiger partial charge is 0.436 e. The molecule has 11 heteroatoms. The van der Waals surface area contributed by atoms with Crippen molar-refractivity contribution < 1.29 is 32.0 Å². The Hall–Kier alpha value is -2.98. The molecule has 23 heavy (non-hydrogen) atoms. The van der Waals surface area contributed by atoms with Gasteiger partial charge in [-0.1, -0.05) is 5.16 Å². The Morgan fingerprint density at radius 3 is 2.52 bits per heavy atom. The molecule has 0 aliphatic heterocycles. The summed E-state index contributed by atoms with van der Waals surface area (Å²) in [7, 11) is 2.74. The fraction of sp³-hybridized carbons (Fsp3) is 0.250. The van der Waals surface area contributed by atoms with Crippen LogP contribution in [-0.4, -0.2) is 30.4 Å². The highest BCUT2D eigenvalue weighted by molar-refractivity contribution is 5.99. The normalized spacial score (nSPS) is 11.0. The summed E-state index contributed by atoms with van der Waals surface area (Å²) in [5, 5.41) is 7.22. The van der Waals surface area contributed by atoms with Gasteiger partial charge in [0.05, 0.1) is 14.2 Å². The first-order valence-electron chi connectivity index (χ1n) is 6.04. The molecule has 0 aliphatic carbocycles. The maximum absolute atomic E-state index is 12.4. The Bertz CT molecular complexity index is 702. The molecule has 2 aromatic heterocycles. The standard InChI is InChI=1S/C12H11F3N4O4/c1-21-8-4-3-6(10(17-8)22-2)16-11(20)18-9-5-7(19-23-9)12(13,14)15/h3-5H,1-2H3,(H2,16,18,20). The van der Waals surface area contributed by atoms with E-state index in [0.29, 0.717) is 6.07 Å². The number of hydrogen-bond donors (Lipinski definition) is 2. The molecule has 0 bridgehead atoms. The molecule has 0 aromatic carbocycles. The quantitative estimate of drug-likeness (QED) is 0.893. The van der Waals surface area contributed by atoms with Gasteiger partial charge in [-0.3, -0.25) is 5.32 Å². The molecule has 8 nitrogen and oxygen atoms in total. The predicted molar refractivity (Wildman–Crippen MR) is 71.5 cm³/mol. The lowest BCUT2D eigenvalue weighted by Crippen LogP contribution is -2.19. The van der Waals surface area contributed by atoms with Crippen LogP contribution in [0.1, 0.15) is 5.69 Å². The van der Waals surface area contributed by atoms with Crippen molar-refractivity contribution in [2.75, 3.05) is 24.9 Å². The molecule has 0 saturated heterocycles. The van der Waals surface area contributed by atoms with Gasteiger partial charge in [-0.15, -0.1) is 0 Å². The molecule has 0 radical (unpaired) electrons. The molecule has 0 aliphatic rings. The second-order valence-corrected chi connectivity index (χ2v) is 4.06. The number of hydrogen-bond acceptors (Lipinski definition) is 6. The van der Waals surface area contributed by atoms with Crippen molar-refractivity contribution in [3.63, 3.8) is 0 Å². The van der Waals surface area contributed by atoms with E-state index in [0.717, 1.165) is 0 Å². The molecule has 0 unspecified atom stereocenters. The number of aromatic nitrogens is 2. The highest BCUT2D eigenvalue weighted by atomic mass is 19.4. The molecule has 2 N–H and O–H groups in total. The van der Waals surface area contributed by atoms with Crippen LogP contribution in [0.15, 0.2) is 22.7 Å². The fourth-order valence-corrected chi connectivity index (χ4v) is 1.52. The number of methoxy groups -OCH3 is 2. The number of rotatable bonds is 4. The van der Waals surface area contributed by atoms with Crippen molar-refractivity contribution in [3.8, 4) is 11.8 Å². The van der Waals surface area contributed by atoms with E-state index in [-0.39, 0.29) is 17.4 Å². The first-order chi connectivity index (χ1) is 10.8. The van der Waals surface area contributed by atoms with Gasteiger partial charge in [0.15, 0.2) is 5.69 Å². The van der Waals surface area contributed by atoms with Gasteiger partial charge in [-0.25, -0.2) is 4.79 Å². The summed E-state index contributed by atoms with van der Waals surface area (Å²) < 4.78 is 51.4. The Morgan fingerprint density at radius 1 is 1.22 bits per heavy atom. The van der Waals surface area contributed by atoms with Gasteiger partial charge in [-0.2, -0.15) is 18.2 Å². The largest absolute Gasteiger partial charge is 0.481 e. The average molecular weight is 332 g/mol. The van der Waals surface area contributed by atoms with Crippen molar-refractivity contribution in [1.29, 1.82) is 0 Å². The van der Waals surface area contributed by atoms with E-state index in [4.69, 9.17) is 9.47 Å². The lowest BCUT2D eigenvalue weighted by molar-refractivity contribution is -0.142. The molecule has 2 rings (SSSR count). The van der Waals surface area contributed by atoms with Crippen LogP contribution in [0.5, 0.6) is 11.8 Å². The molecule has 0 spiro atoms. The van der Waals surface area contributed by atoms with Gasteiger partial charge >= 0.3 is 12.2 Å². The molecule has 2 amide bonds. The van der Waals surface area contributed by atoms with E-state index in [1.54, 1.807) is 0 Å². The number of alkyl halides is 3. The number of urea groups is 1. The molecule has 124 valence electrons. The van der Waals surface area contributed by atoms with Crippen LogP contribution in [0, 0.1) is 0 Å². The molecular formula is C12H11F3N4O4. The number of carbonyl (C=O) groups is 1. The summed E-state index contributed by atoms with van der Waals surface area (Å²) in [6.45, 7) is 0. The van der Waals surface area contributed by atoms with Crippen molar-refractivity contribution in [2.24, 2.45) is 0 Å².